The Hall–Kier alpha value is -2.04. The molecule has 0 atom stereocenters. The van der Waals surface area contributed by atoms with Gasteiger partial charge in [0.25, 0.3) is 5.56 Å². The van der Waals surface area contributed by atoms with Crippen molar-refractivity contribution in [2.45, 2.75) is 24.7 Å². The quantitative estimate of drug-likeness (QED) is 0.726. The third-order valence-electron chi connectivity index (χ3n) is 4.47. The van der Waals surface area contributed by atoms with Crippen molar-refractivity contribution < 1.29 is 0 Å². The predicted molar refractivity (Wildman–Crippen MR) is 101 cm³/mol. The van der Waals surface area contributed by atoms with Gasteiger partial charge < -0.3 is 4.57 Å². The third-order valence-corrected chi connectivity index (χ3v) is 5.62. The van der Waals surface area contributed by atoms with E-state index in [9.17, 15) is 4.79 Å². The summed E-state index contributed by atoms with van der Waals surface area (Å²) in [6.45, 7) is 2.59. The SMILES string of the molecule is CN(Cc1ccc2ccccc2c1)Cc1ccc(=O)n2c1SCC2. The molecule has 3 nitrogen and oxygen atoms in total. The van der Waals surface area contributed by atoms with Crippen molar-refractivity contribution in [1.82, 2.24) is 9.47 Å². The van der Waals surface area contributed by atoms with Crippen LogP contribution in [0.15, 0.2) is 64.4 Å². The van der Waals surface area contributed by atoms with Gasteiger partial charge in [0.15, 0.2) is 0 Å². The van der Waals surface area contributed by atoms with Crippen molar-refractivity contribution in [1.29, 1.82) is 0 Å². The second kappa shape index (κ2) is 6.46. The molecule has 4 heteroatoms. The molecular weight excluding hydrogens is 316 g/mol. The highest BCUT2D eigenvalue weighted by molar-refractivity contribution is 7.99. The number of fused-ring (bicyclic) bond motifs is 2. The minimum atomic E-state index is 0.121. The second-order valence-electron chi connectivity index (χ2n) is 6.36. The van der Waals surface area contributed by atoms with Gasteiger partial charge in [-0.15, -0.1) is 11.8 Å². The summed E-state index contributed by atoms with van der Waals surface area (Å²) in [5, 5.41) is 3.71. The Morgan fingerprint density at radius 3 is 2.75 bits per heavy atom. The molecule has 24 heavy (non-hydrogen) atoms. The topological polar surface area (TPSA) is 25.2 Å². The lowest BCUT2D eigenvalue weighted by Crippen LogP contribution is -2.22. The molecule has 0 amide bonds. The van der Waals surface area contributed by atoms with E-state index in [1.54, 1.807) is 17.8 Å². The van der Waals surface area contributed by atoms with Gasteiger partial charge in [-0.1, -0.05) is 36.4 Å². The van der Waals surface area contributed by atoms with Crippen LogP contribution >= 0.6 is 11.8 Å². The first-order valence-electron chi connectivity index (χ1n) is 8.22. The summed E-state index contributed by atoms with van der Waals surface area (Å²) in [5.41, 5.74) is 2.69. The second-order valence-corrected chi connectivity index (χ2v) is 7.44. The Morgan fingerprint density at radius 1 is 1.04 bits per heavy atom. The summed E-state index contributed by atoms with van der Waals surface area (Å²) in [6, 6.07) is 18.8. The Morgan fingerprint density at radius 2 is 1.88 bits per heavy atom. The summed E-state index contributed by atoms with van der Waals surface area (Å²) in [6.07, 6.45) is 0. The Bertz CT molecular complexity index is 948. The highest BCUT2D eigenvalue weighted by Gasteiger charge is 2.17. The van der Waals surface area contributed by atoms with Gasteiger partial charge in [-0.25, -0.2) is 0 Å². The molecule has 0 spiro atoms. The van der Waals surface area contributed by atoms with Gasteiger partial charge >= 0.3 is 0 Å². The van der Waals surface area contributed by atoms with E-state index in [1.165, 1.54) is 21.9 Å². The van der Waals surface area contributed by atoms with E-state index in [1.807, 2.05) is 10.6 Å². The predicted octanol–water partition coefficient (Wildman–Crippen LogP) is 3.74. The number of hydrogen-bond donors (Lipinski definition) is 0. The maximum Gasteiger partial charge on any atom is 0.251 e. The minimum Gasteiger partial charge on any atom is -0.302 e. The standard InChI is InChI=1S/C20H20N2OS/c1-21(13-15-6-7-16-4-2-3-5-17(16)12-15)14-18-8-9-19(23)22-10-11-24-20(18)22/h2-9,12H,10-11,13-14H2,1H3. The van der Waals surface area contributed by atoms with E-state index >= 15 is 0 Å². The van der Waals surface area contributed by atoms with Gasteiger partial charge in [-0.2, -0.15) is 0 Å². The molecule has 122 valence electrons. The summed E-state index contributed by atoms with van der Waals surface area (Å²) >= 11 is 1.80. The molecule has 2 heterocycles. The van der Waals surface area contributed by atoms with Crippen LogP contribution in [0.1, 0.15) is 11.1 Å². The molecular formula is C20H20N2OS. The van der Waals surface area contributed by atoms with Crippen molar-refractivity contribution in [2.24, 2.45) is 0 Å². The van der Waals surface area contributed by atoms with Crippen LogP contribution < -0.4 is 5.56 Å². The van der Waals surface area contributed by atoms with Gasteiger partial charge in [0.05, 0.1) is 5.03 Å². The normalized spacial score (nSPS) is 13.6. The van der Waals surface area contributed by atoms with Gasteiger partial charge in [-0.3, -0.25) is 9.69 Å². The van der Waals surface area contributed by atoms with Crippen molar-refractivity contribution in [3.8, 4) is 0 Å². The van der Waals surface area contributed by atoms with E-state index < -0.39 is 0 Å². The van der Waals surface area contributed by atoms with Crippen molar-refractivity contribution in [3.63, 3.8) is 0 Å². The molecule has 0 saturated carbocycles. The van der Waals surface area contributed by atoms with Crippen LogP contribution in [-0.4, -0.2) is 22.3 Å². The van der Waals surface area contributed by atoms with Crippen LogP contribution in [0.5, 0.6) is 0 Å². The van der Waals surface area contributed by atoms with E-state index in [4.69, 9.17) is 0 Å². The molecule has 0 fully saturated rings. The van der Waals surface area contributed by atoms with E-state index in [0.29, 0.717) is 0 Å². The Labute approximate surface area is 145 Å². The number of pyridine rings is 1. The summed E-state index contributed by atoms with van der Waals surface area (Å²) in [5.74, 6) is 1.00. The van der Waals surface area contributed by atoms with Crippen LogP contribution in [0.2, 0.25) is 0 Å². The average Bonchev–Trinajstić information content (AvgIpc) is 3.08. The number of rotatable bonds is 4. The lowest BCUT2D eigenvalue weighted by molar-refractivity contribution is 0.315. The zero-order valence-electron chi connectivity index (χ0n) is 13.7. The molecule has 0 unspecified atom stereocenters. The van der Waals surface area contributed by atoms with Gasteiger partial charge in [-0.05, 0) is 41.1 Å². The maximum atomic E-state index is 11.9. The summed E-state index contributed by atoms with van der Waals surface area (Å²) in [4.78, 5) is 14.2. The molecule has 0 radical (unpaired) electrons. The molecule has 1 aliphatic rings. The number of benzene rings is 2. The smallest absolute Gasteiger partial charge is 0.251 e. The monoisotopic (exact) mass is 336 g/mol. The van der Waals surface area contributed by atoms with Crippen LogP contribution in [0.3, 0.4) is 0 Å². The zero-order valence-corrected chi connectivity index (χ0v) is 14.6. The fourth-order valence-corrected chi connectivity index (χ4v) is 4.46. The highest BCUT2D eigenvalue weighted by Crippen LogP contribution is 2.28. The molecule has 3 aromatic rings. The minimum absolute atomic E-state index is 0.121. The number of aromatic nitrogens is 1. The molecule has 0 saturated heterocycles. The number of nitrogens with zero attached hydrogens (tertiary/aromatic N) is 2. The largest absolute Gasteiger partial charge is 0.302 e. The molecule has 4 rings (SSSR count). The Kier molecular flexibility index (Phi) is 4.17. The third kappa shape index (κ3) is 2.99. The molecule has 0 aliphatic carbocycles. The lowest BCUT2D eigenvalue weighted by Gasteiger charge is -2.19. The first kappa shape index (κ1) is 15.5. The lowest BCUT2D eigenvalue weighted by atomic mass is 10.1. The van der Waals surface area contributed by atoms with E-state index in [2.05, 4.69) is 54.4 Å². The van der Waals surface area contributed by atoms with Crippen LogP contribution in [-0.2, 0) is 19.6 Å². The van der Waals surface area contributed by atoms with E-state index in [0.717, 1.165) is 30.4 Å². The first-order valence-corrected chi connectivity index (χ1v) is 9.21. The molecule has 1 aromatic heterocycles. The molecule has 1 aliphatic heterocycles. The summed E-state index contributed by atoms with van der Waals surface area (Å²) < 4.78 is 1.91. The summed E-state index contributed by atoms with van der Waals surface area (Å²) in [7, 11) is 2.14. The number of thioether (sulfide) groups is 1. The van der Waals surface area contributed by atoms with Crippen molar-refractivity contribution >= 4 is 22.5 Å². The van der Waals surface area contributed by atoms with Crippen LogP contribution in [0.25, 0.3) is 10.8 Å². The van der Waals surface area contributed by atoms with Crippen LogP contribution in [0.4, 0.5) is 0 Å². The fourth-order valence-electron chi connectivity index (χ4n) is 3.34. The van der Waals surface area contributed by atoms with Gasteiger partial charge in [0, 0.05) is 31.5 Å². The number of hydrogen-bond acceptors (Lipinski definition) is 3. The van der Waals surface area contributed by atoms with Crippen LogP contribution in [0, 0.1) is 0 Å². The van der Waals surface area contributed by atoms with Gasteiger partial charge in [0.1, 0.15) is 0 Å². The first-order chi connectivity index (χ1) is 11.7. The average molecular weight is 336 g/mol. The van der Waals surface area contributed by atoms with Crippen molar-refractivity contribution in [2.75, 3.05) is 12.8 Å². The fraction of sp³-hybridized carbons (Fsp3) is 0.250. The zero-order chi connectivity index (χ0) is 16.5. The Balaban J connectivity index is 1.53. The van der Waals surface area contributed by atoms with Crippen molar-refractivity contribution in [3.05, 3.63) is 76.1 Å². The van der Waals surface area contributed by atoms with E-state index in [-0.39, 0.29) is 5.56 Å². The highest BCUT2D eigenvalue weighted by atomic mass is 32.2. The molecule has 2 aromatic carbocycles. The maximum absolute atomic E-state index is 11.9. The molecule has 0 bridgehead atoms. The molecule has 0 N–H and O–H groups in total. The van der Waals surface area contributed by atoms with Gasteiger partial charge in [0.2, 0.25) is 0 Å².